The molecule has 1 saturated heterocycles. The van der Waals surface area contributed by atoms with E-state index in [2.05, 4.69) is 0 Å². The monoisotopic (exact) mass is 248 g/mol. The summed E-state index contributed by atoms with van der Waals surface area (Å²) < 4.78 is 5.80. The van der Waals surface area contributed by atoms with Crippen LogP contribution in [0.4, 0.5) is 5.69 Å². The predicted molar refractivity (Wildman–Crippen MR) is 71.4 cm³/mol. The van der Waals surface area contributed by atoms with Gasteiger partial charge in [-0.1, -0.05) is 6.07 Å². The molecule has 1 heterocycles. The number of carbonyl (C=O) groups excluding carboxylic acids is 1. The van der Waals surface area contributed by atoms with E-state index in [1.165, 1.54) is 0 Å². The first-order valence-electron chi connectivity index (χ1n) is 6.20. The molecule has 1 unspecified atom stereocenters. The van der Waals surface area contributed by atoms with Crippen molar-refractivity contribution in [2.24, 2.45) is 0 Å². The second-order valence-electron chi connectivity index (χ2n) is 5.50. The number of hydrogen-bond acceptors (Lipinski definition) is 3. The highest BCUT2D eigenvalue weighted by molar-refractivity contribution is 5.95. The number of nitrogen functional groups attached to an aromatic ring is 1. The zero-order valence-corrected chi connectivity index (χ0v) is 11.1. The summed E-state index contributed by atoms with van der Waals surface area (Å²) in [6.07, 6.45) is 0.0544. The van der Waals surface area contributed by atoms with Gasteiger partial charge in [-0.2, -0.15) is 0 Å². The van der Waals surface area contributed by atoms with Crippen LogP contribution in [0, 0.1) is 0 Å². The molecule has 4 nitrogen and oxygen atoms in total. The molecule has 1 amide bonds. The van der Waals surface area contributed by atoms with Gasteiger partial charge >= 0.3 is 0 Å². The van der Waals surface area contributed by atoms with Crippen LogP contribution >= 0.6 is 0 Å². The highest BCUT2D eigenvalue weighted by atomic mass is 16.5. The standard InChI is InChI=1S/C14H20N2O2/c1-10-8-16(9-14(2,3)18-10)13(17)11-5-4-6-12(15)7-11/h4-7,10H,8-9,15H2,1-3H3. The number of carbonyl (C=O) groups is 1. The van der Waals surface area contributed by atoms with Gasteiger partial charge in [-0.15, -0.1) is 0 Å². The number of anilines is 1. The summed E-state index contributed by atoms with van der Waals surface area (Å²) in [5.74, 6) is 0.0190. The van der Waals surface area contributed by atoms with Gasteiger partial charge in [-0.25, -0.2) is 0 Å². The topological polar surface area (TPSA) is 55.6 Å². The van der Waals surface area contributed by atoms with E-state index in [-0.39, 0.29) is 17.6 Å². The Morgan fingerprint density at radius 3 is 2.83 bits per heavy atom. The summed E-state index contributed by atoms with van der Waals surface area (Å²) in [4.78, 5) is 14.2. The Hall–Kier alpha value is -1.55. The van der Waals surface area contributed by atoms with Gasteiger partial charge in [-0.3, -0.25) is 4.79 Å². The van der Waals surface area contributed by atoms with Gasteiger partial charge in [0.05, 0.1) is 11.7 Å². The third-order valence-corrected chi connectivity index (χ3v) is 2.99. The van der Waals surface area contributed by atoms with Crippen LogP contribution in [0.2, 0.25) is 0 Å². The van der Waals surface area contributed by atoms with E-state index in [0.717, 1.165) is 0 Å². The Bertz CT molecular complexity index is 457. The second-order valence-corrected chi connectivity index (χ2v) is 5.50. The zero-order chi connectivity index (χ0) is 13.3. The summed E-state index contributed by atoms with van der Waals surface area (Å²) in [6, 6.07) is 7.10. The molecule has 1 fully saturated rings. The Kier molecular flexibility index (Phi) is 3.30. The van der Waals surface area contributed by atoms with Crippen molar-refractivity contribution >= 4 is 11.6 Å². The molecular formula is C14H20N2O2. The van der Waals surface area contributed by atoms with Crippen molar-refractivity contribution in [3.05, 3.63) is 29.8 Å². The lowest BCUT2D eigenvalue weighted by atomic mass is 10.0. The van der Waals surface area contributed by atoms with Crippen molar-refractivity contribution in [1.82, 2.24) is 4.90 Å². The highest BCUT2D eigenvalue weighted by Gasteiger charge is 2.33. The van der Waals surface area contributed by atoms with E-state index in [9.17, 15) is 4.79 Å². The molecule has 0 bridgehead atoms. The van der Waals surface area contributed by atoms with E-state index in [4.69, 9.17) is 10.5 Å². The normalized spacial score (nSPS) is 22.8. The summed E-state index contributed by atoms with van der Waals surface area (Å²) in [7, 11) is 0. The van der Waals surface area contributed by atoms with E-state index >= 15 is 0 Å². The van der Waals surface area contributed by atoms with Gasteiger partial charge in [0.15, 0.2) is 0 Å². The average molecular weight is 248 g/mol. The fraction of sp³-hybridized carbons (Fsp3) is 0.500. The quantitative estimate of drug-likeness (QED) is 0.772. The summed E-state index contributed by atoms with van der Waals surface area (Å²) in [5, 5.41) is 0. The van der Waals surface area contributed by atoms with Crippen molar-refractivity contribution in [2.75, 3.05) is 18.8 Å². The van der Waals surface area contributed by atoms with Crippen LogP contribution in [0.5, 0.6) is 0 Å². The Morgan fingerprint density at radius 2 is 2.22 bits per heavy atom. The minimum atomic E-state index is -0.298. The number of benzene rings is 1. The minimum absolute atomic E-state index is 0.0190. The lowest BCUT2D eigenvalue weighted by molar-refractivity contribution is -0.118. The number of amides is 1. The number of nitrogens with zero attached hydrogens (tertiary/aromatic N) is 1. The van der Waals surface area contributed by atoms with E-state index in [1.807, 2.05) is 25.7 Å². The minimum Gasteiger partial charge on any atom is -0.399 e. The van der Waals surface area contributed by atoms with Crippen molar-refractivity contribution in [3.8, 4) is 0 Å². The number of hydrogen-bond donors (Lipinski definition) is 1. The zero-order valence-electron chi connectivity index (χ0n) is 11.1. The smallest absolute Gasteiger partial charge is 0.254 e. The molecule has 1 aromatic rings. The SMILES string of the molecule is CC1CN(C(=O)c2cccc(N)c2)CC(C)(C)O1. The van der Waals surface area contributed by atoms with E-state index < -0.39 is 0 Å². The van der Waals surface area contributed by atoms with E-state index in [1.54, 1.807) is 24.3 Å². The molecule has 98 valence electrons. The van der Waals surface area contributed by atoms with Crippen molar-refractivity contribution in [3.63, 3.8) is 0 Å². The number of rotatable bonds is 1. The third-order valence-electron chi connectivity index (χ3n) is 2.99. The maximum atomic E-state index is 12.4. The average Bonchev–Trinajstić information content (AvgIpc) is 2.25. The van der Waals surface area contributed by atoms with Crippen LogP contribution in [0.3, 0.4) is 0 Å². The number of nitrogens with two attached hydrogens (primary N) is 1. The van der Waals surface area contributed by atoms with Crippen molar-refractivity contribution in [2.45, 2.75) is 32.5 Å². The van der Waals surface area contributed by atoms with Crippen molar-refractivity contribution in [1.29, 1.82) is 0 Å². The predicted octanol–water partition coefficient (Wildman–Crippen LogP) is 1.91. The molecule has 0 radical (unpaired) electrons. The molecular weight excluding hydrogens is 228 g/mol. The molecule has 0 saturated carbocycles. The van der Waals surface area contributed by atoms with Gasteiger partial charge in [0.2, 0.25) is 0 Å². The van der Waals surface area contributed by atoms with E-state index in [0.29, 0.717) is 24.3 Å². The third kappa shape index (κ3) is 2.82. The Labute approximate surface area is 108 Å². The fourth-order valence-electron chi connectivity index (χ4n) is 2.46. The molecule has 1 aliphatic rings. The molecule has 2 N–H and O–H groups in total. The maximum Gasteiger partial charge on any atom is 0.254 e. The second kappa shape index (κ2) is 4.61. The molecule has 1 aromatic carbocycles. The van der Waals surface area contributed by atoms with Crippen LogP contribution < -0.4 is 5.73 Å². The van der Waals surface area contributed by atoms with Gasteiger partial charge in [-0.05, 0) is 39.0 Å². The van der Waals surface area contributed by atoms with Crippen LogP contribution in [0.1, 0.15) is 31.1 Å². The highest BCUT2D eigenvalue weighted by Crippen LogP contribution is 2.22. The Morgan fingerprint density at radius 1 is 1.50 bits per heavy atom. The molecule has 18 heavy (non-hydrogen) atoms. The first-order chi connectivity index (χ1) is 8.37. The number of morpholine rings is 1. The molecule has 1 atom stereocenters. The molecule has 1 aliphatic heterocycles. The van der Waals surface area contributed by atoms with Crippen LogP contribution in [0.15, 0.2) is 24.3 Å². The Balaban J connectivity index is 2.18. The first kappa shape index (κ1) is 12.9. The fourth-order valence-corrected chi connectivity index (χ4v) is 2.46. The van der Waals surface area contributed by atoms with Gasteiger partial charge in [0, 0.05) is 24.3 Å². The largest absolute Gasteiger partial charge is 0.399 e. The van der Waals surface area contributed by atoms with Gasteiger partial charge < -0.3 is 15.4 Å². The lowest BCUT2D eigenvalue weighted by Gasteiger charge is -2.41. The molecule has 0 spiro atoms. The number of ether oxygens (including phenoxy) is 1. The molecule has 0 aliphatic carbocycles. The lowest BCUT2D eigenvalue weighted by Crippen LogP contribution is -2.53. The molecule has 2 rings (SSSR count). The van der Waals surface area contributed by atoms with Crippen LogP contribution in [-0.2, 0) is 4.74 Å². The summed E-state index contributed by atoms with van der Waals surface area (Å²) in [6.45, 7) is 7.22. The van der Waals surface area contributed by atoms with Crippen LogP contribution in [-0.4, -0.2) is 35.6 Å². The van der Waals surface area contributed by atoms with Gasteiger partial charge in [0.1, 0.15) is 0 Å². The first-order valence-corrected chi connectivity index (χ1v) is 6.20. The maximum absolute atomic E-state index is 12.4. The van der Waals surface area contributed by atoms with Crippen molar-refractivity contribution < 1.29 is 9.53 Å². The molecule has 4 heteroatoms. The van der Waals surface area contributed by atoms with Gasteiger partial charge in [0.25, 0.3) is 5.91 Å². The van der Waals surface area contributed by atoms with Crippen LogP contribution in [0.25, 0.3) is 0 Å². The molecule has 0 aromatic heterocycles. The summed E-state index contributed by atoms with van der Waals surface area (Å²) in [5.41, 5.74) is 6.66. The summed E-state index contributed by atoms with van der Waals surface area (Å²) >= 11 is 0.